The van der Waals surface area contributed by atoms with E-state index in [0.717, 1.165) is 73.0 Å². The summed E-state index contributed by atoms with van der Waals surface area (Å²) >= 11 is 5.31. The summed E-state index contributed by atoms with van der Waals surface area (Å²) in [7, 11) is 0. The number of ether oxygens (including phenoxy) is 1. The zero-order valence-electron chi connectivity index (χ0n) is 14.1. The highest BCUT2D eigenvalue weighted by Gasteiger charge is 2.22. The van der Waals surface area contributed by atoms with Crippen LogP contribution in [0.15, 0.2) is 33.9 Å². The predicted octanol–water partition coefficient (Wildman–Crippen LogP) is 2.75. The lowest BCUT2D eigenvalue weighted by Crippen LogP contribution is -2.38. The fourth-order valence-electron chi connectivity index (χ4n) is 3.23. The second kappa shape index (κ2) is 8.18. The van der Waals surface area contributed by atoms with Crippen molar-refractivity contribution in [1.29, 1.82) is 0 Å². The van der Waals surface area contributed by atoms with Gasteiger partial charge in [-0.25, -0.2) is 0 Å². The SMILES string of the molecule is Brc1cccc(-c2nnc3n2CN(CCCN2CCOCC2)CS3)c1. The summed E-state index contributed by atoms with van der Waals surface area (Å²) in [5, 5.41) is 9.80. The van der Waals surface area contributed by atoms with E-state index in [4.69, 9.17) is 4.74 Å². The minimum absolute atomic E-state index is 0.861. The Kier molecular flexibility index (Phi) is 5.72. The molecule has 0 unspecified atom stereocenters. The number of fused-ring (bicyclic) bond motifs is 1. The molecule has 2 aliphatic heterocycles. The first-order chi connectivity index (χ1) is 12.3. The molecule has 0 N–H and O–H groups in total. The van der Waals surface area contributed by atoms with Gasteiger partial charge in [-0.1, -0.05) is 39.8 Å². The average Bonchev–Trinajstić information content (AvgIpc) is 3.06. The van der Waals surface area contributed by atoms with Crippen molar-refractivity contribution >= 4 is 27.7 Å². The molecule has 1 fully saturated rings. The molecule has 8 heteroatoms. The maximum absolute atomic E-state index is 5.41. The normalized spacial score (nSPS) is 19.1. The zero-order valence-corrected chi connectivity index (χ0v) is 16.5. The van der Waals surface area contributed by atoms with Crippen LogP contribution in [-0.2, 0) is 11.4 Å². The number of morpholine rings is 1. The van der Waals surface area contributed by atoms with E-state index in [0.29, 0.717) is 0 Å². The summed E-state index contributed by atoms with van der Waals surface area (Å²) in [5.74, 6) is 1.93. The Morgan fingerprint density at radius 1 is 1.12 bits per heavy atom. The molecule has 1 aromatic heterocycles. The number of thioether (sulfide) groups is 1. The fourth-order valence-corrected chi connectivity index (χ4v) is 4.54. The molecule has 0 amide bonds. The maximum Gasteiger partial charge on any atom is 0.193 e. The summed E-state index contributed by atoms with van der Waals surface area (Å²) in [4.78, 5) is 4.97. The van der Waals surface area contributed by atoms with Gasteiger partial charge in [-0.3, -0.25) is 14.4 Å². The molecule has 0 aliphatic carbocycles. The Labute approximate surface area is 160 Å². The number of halogens is 1. The van der Waals surface area contributed by atoms with Crippen LogP contribution >= 0.6 is 27.7 Å². The molecule has 0 spiro atoms. The molecule has 25 heavy (non-hydrogen) atoms. The van der Waals surface area contributed by atoms with Gasteiger partial charge in [0.1, 0.15) is 0 Å². The number of nitrogens with zero attached hydrogens (tertiary/aromatic N) is 5. The monoisotopic (exact) mass is 423 g/mol. The Bertz CT molecular complexity index is 719. The number of hydrogen-bond donors (Lipinski definition) is 0. The van der Waals surface area contributed by atoms with Crippen LogP contribution in [0.4, 0.5) is 0 Å². The van der Waals surface area contributed by atoms with E-state index in [1.165, 1.54) is 6.42 Å². The van der Waals surface area contributed by atoms with Crippen molar-refractivity contribution < 1.29 is 4.74 Å². The van der Waals surface area contributed by atoms with Crippen molar-refractivity contribution in [3.05, 3.63) is 28.7 Å². The topological polar surface area (TPSA) is 46.4 Å². The van der Waals surface area contributed by atoms with Crippen molar-refractivity contribution in [2.75, 3.05) is 45.3 Å². The molecular weight excluding hydrogens is 402 g/mol. The van der Waals surface area contributed by atoms with Gasteiger partial charge in [0.25, 0.3) is 0 Å². The van der Waals surface area contributed by atoms with Crippen LogP contribution in [0.25, 0.3) is 11.4 Å². The second-order valence-electron chi connectivity index (χ2n) is 6.36. The largest absolute Gasteiger partial charge is 0.379 e. The molecule has 0 atom stereocenters. The maximum atomic E-state index is 5.41. The molecule has 3 heterocycles. The first kappa shape index (κ1) is 17.5. The second-order valence-corrected chi connectivity index (χ2v) is 8.19. The molecule has 2 aromatic rings. The van der Waals surface area contributed by atoms with Crippen LogP contribution in [0, 0.1) is 0 Å². The van der Waals surface area contributed by atoms with Crippen LogP contribution in [0.5, 0.6) is 0 Å². The van der Waals surface area contributed by atoms with E-state index in [-0.39, 0.29) is 0 Å². The third kappa shape index (κ3) is 4.25. The molecule has 2 aliphatic rings. The molecule has 134 valence electrons. The smallest absolute Gasteiger partial charge is 0.193 e. The van der Waals surface area contributed by atoms with Crippen LogP contribution in [0.1, 0.15) is 6.42 Å². The highest BCUT2D eigenvalue weighted by atomic mass is 79.9. The minimum Gasteiger partial charge on any atom is -0.379 e. The predicted molar refractivity (Wildman–Crippen MR) is 102 cm³/mol. The number of benzene rings is 1. The van der Waals surface area contributed by atoms with E-state index >= 15 is 0 Å². The van der Waals surface area contributed by atoms with Crippen LogP contribution < -0.4 is 0 Å². The van der Waals surface area contributed by atoms with Gasteiger partial charge < -0.3 is 4.74 Å². The molecule has 0 radical (unpaired) electrons. The standard InChI is InChI=1S/C17H22BrN5OS/c18-15-4-1-3-14(11-15)16-19-20-17-23(16)12-22(13-25-17)6-2-5-21-7-9-24-10-8-21/h1,3-4,11H,2,5-10,12-13H2. The Balaban J connectivity index is 1.38. The summed E-state index contributed by atoms with van der Waals surface area (Å²) in [6.07, 6.45) is 1.18. The average molecular weight is 424 g/mol. The van der Waals surface area contributed by atoms with Gasteiger partial charge in [0, 0.05) is 29.7 Å². The van der Waals surface area contributed by atoms with Crippen molar-refractivity contribution in [3.8, 4) is 11.4 Å². The van der Waals surface area contributed by atoms with E-state index < -0.39 is 0 Å². The summed E-state index contributed by atoms with van der Waals surface area (Å²) in [5.41, 5.74) is 1.10. The van der Waals surface area contributed by atoms with Gasteiger partial charge in [0.2, 0.25) is 0 Å². The number of aromatic nitrogens is 3. The highest BCUT2D eigenvalue weighted by molar-refractivity contribution is 9.10. The lowest BCUT2D eigenvalue weighted by atomic mass is 10.2. The molecule has 0 bridgehead atoms. The fraction of sp³-hybridized carbons (Fsp3) is 0.529. The van der Waals surface area contributed by atoms with E-state index in [1.807, 2.05) is 12.1 Å². The van der Waals surface area contributed by atoms with Crippen LogP contribution in [0.3, 0.4) is 0 Å². The van der Waals surface area contributed by atoms with Crippen molar-refractivity contribution in [1.82, 2.24) is 24.6 Å². The van der Waals surface area contributed by atoms with Gasteiger partial charge >= 0.3 is 0 Å². The lowest BCUT2D eigenvalue weighted by Gasteiger charge is -2.30. The van der Waals surface area contributed by atoms with Gasteiger partial charge in [0.05, 0.1) is 25.8 Å². The molecule has 6 nitrogen and oxygen atoms in total. The first-order valence-electron chi connectivity index (χ1n) is 8.64. The Morgan fingerprint density at radius 3 is 2.80 bits per heavy atom. The van der Waals surface area contributed by atoms with Gasteiger partial charge in [-0.2, -0.15) is 0 Å². The summed E-state index contributed by atoms with van der Waals surface area (Å²) < 4.78 is 8.70. The Morgan fingerprint density at radius 2 is 1.96 bits per heavy atom. The summed E-state index contributed by atoms with van der Waals surface area (Å²) in [6.45, 7) is 6.99. The summed E-state index contributed by atoms with van der Waals surface area (Å²) in [6, 6.07) is 8.25. The van der Waals surface area contributed by atoms with Crippen LogP contribution in [0.2, 0.25) is 0 Å². The van der Waals surface area contributed by atoms with Crippen LogP contribution in [-0.4, -0.2) is 69.8 Å². The van der Waals surface area contributed by atoms with Crippen molar-refractivity contribution in [2.45, 2.75) is 18.2 Å². The molecule has 4 rings (SSSR count). The van der Waals surface area contributed by atoms with E-state index in [2.05, 4.69) is 52.6 Å². The number of hydrogen-bond acceptors (Lipinski definition) is 6. The van der Waals surface area contributed by atoms with E-state index in [9.17, 15) is 0 Å². The highest BCUT2D eigenvalue weighted by Crippen LogP contribution is 2.29. The quantitative estimate of drug-likeness (QED) is 0.736. The minimum atomic E-state index is 0.861. The first-order valence-corrected chi connectivity index (χ1v) is 10.4. The third-order valence-electron chi connectivity index (χ3n) is 4.57. The number of rotatable bonds is 5. The van der Waals surface area contributed by atoms with Gasteiger partial charge in [0.15, 0.2) is 11.0 Å². The van der Waals surface area contributed by atoms with Gasteiger partial charge in [-0.15, -0.1) is 10.2 Å². The third-order valence-corrected chi connectivity index (χ3v) is 6.12. The Hall–Kier alpha value is -0.930. The van der Waals surface area contributed by atoms with Crippen molar-refractivity contribution in [3.63, 3.8) is 0 Å². The van der Waals surface area contributed by atoms with Crippen molar-refractivity contribution in [2.24, 2.45) is 0 Å². The van der Waals surface area contributed by atoms with Gasteiger partial charge in [-0.05, 0) is 25.1 Å². The molecule has 1 aromatic carbocycles. The molecule has 0 saturated carbocycles. The lowest BCUT2D eigenvalue weighted by molar-refractivity contribution is 0.0359. The zero-order chi connectivity index (χ0) is 17.1. The molecule has 1 saturated heterocycles. The molecular formula is C17H22BrN5OS. The van der Waals surface area contributed by atoms with E-state index in [1.54, 1.807) is 11.8 Å².